The fourth-order valence-electron chi connectivity index (χ4n) is 2.49. The average Bonchev–Trinajstić information content (AvgIpc) is 2.82. The van der Waals surface area contributed by atoms with Crippen LogP contribution >= 0.6 is 0 Å². The Morgan fingerprint density at radius 3 is 2.88 bits per heavy atom. The van der Waals surface area contributed by atoms with Gasteiger partial charge in [0, 0.05) is 12.5 Å². The summed E-state index contributed by atoms with van der Waals surface area (Å²) in [6, 6.07) is 6.21. The molecule has 0 aliphatic carbocycles. The van der Waals surface area contributed by atoms with Crippen LogP contribution in [-0.2, 0) is 6.54 Å². The number of imidazole rings is 1. The molecular formula is C13H18N4. The van der Waals surface area contributed by atoms with E-state index in [1.807, 2.05) is 0 Å². The quantitative estimate of drug-likeness (QED) is 0.732. The Morgan fingerprint density at radius 1 is 1.29 bits per heavy atom. The number of piperidine rings is 1. The fraction of sp³-hybridized carbons (Fsp3) is 0.462. The highest BCUT2D eigenvalue weighted by atomic mass is 14.9. The second-order valence-electron chi connectivity index (χ2n) is 4.70. The number of nitrogens with zero attached hydrogens (tertiary/aromatic N) is 1. The maximum Gasteiger partial charge on any atom is 0.110 e. The van der Waals surface area contributed by atoms with Crippen molar-refractivity contribution in [3.05, 3.63) is 29.6 Å². The highest BCUT2D eigenvalue weighted by Crippen LogP contribution is 2.25. The van der Waals surface area contributed by atoms with Gasteiger partial charge in [-0.2, -0.15) is 0 Å². The lowest BCUT2D eigenvalue weighted by molar-refractivity contribution is 0.448. The van der Waals surface area contributed by atoms with Gasteiger partial charge in [0.2, 0.25) is 0 Å². The lowest BCUT2D eigenvalue weighted by Gasteiger charge is -2.20. The average molecular weight is 230 g/mol. The zero-order valence-electron chi connectivity index (χ0n) is 9.87. The lowest BCUT2D eigenvalue weighted by Crippen LogP contribution is -2.27. The van der Waals surface area contributed by atoms with E-state index in [4.69, 9.17) is 5.73 Å². The molecule has 4 heteroatoms. The molecule has 17 heavy (non-hydrogen) atoms. The smallest absolute Gasteiger partial charge is 0.110 e. The van der Waals surface area contributed by atoms with Gasteiger partial charge in [-0.1, -0.05) is 6.07 Å². The Labute approximate surface area is 101 Å². The van der Waals surface area contributed by atoms with E-state index in [2.05, 4.69) is 33.5 Å². The molecular weight excluding hydrogens is 212 g/mol. The first-order chi connectivity index (χ1) is 8.36. The van der Waals surface area contributed by atoms with Crippen molar-refractivity contribution in [1.29, 1.82) is 0 Å². The van der Waals surface area contributed by atoms with Crippen LogP contribution in [0.15, 0.2) is 18.2 Å². The number of aromatic amines is 1. The van der Waals surface area contributed by atoms with Crippen molar-refractivity contribution >= 4 is 11.0 Å². The minimum atomic E-state index is 0.574. The third-order valence-corrected chi connectivity index (χ3v) is 3.53. The fourth-order valence-corrected chi connectivity index (χ4v) is 2.49. The minimum absolute atomic E-state index is 0.574. The molecule has 0 bridgehead atoms. The van der Waals surface area contributed by atoms with E-state index in [-0.39, 0.29) is 0 Å². The third-order valence-electron chi connectivity index (χ3n) is 3.53. The van der Waals surface area contributed by atoms with Gasteiger partial charge in [0.25, 0.3) is 0 Å². The number of hydrogen-bond acceptors (Lipinski definition) is 3. The van der Waals surface area contributed by atoms with Crippen molar-refractivity contribution < 1.29 is 0 Å². The van der Waals surface area contributed by atoms with Crippen LogP contribution in [0.3, 0.4) is 0 Å². The first kappa shape index (κ1) is 10.7. The molecule has 4 nitrogen and oxygen atoms in total. The number of fused-ring (bicyclic) bond motifs is 1. The summed E-state index contributed by atoms with van der Waals surface area (Å²) in [6.45, 7) is 2.77. The molecule has 1 saturated heterocycles. The first-order valence-electron chi connectivity index (χ1n) is 6.26. The van der Waals surface area contributed by atoms with Crippen molar-refractivity contribution in [3.63, 3.8) is 0 Å². The van der Waals surface area contributed by atoms with Crippen molar-refractivity contribution in [2.24, 2.45) is 5.73 Å². The van der Waals surface area contributed by atoms with E-state index in [9.17, 15) is 0 Å². The zero-order valence-corrected chi connectivity index (χ0v) is 9.87. The monoisotopic (exact) mass is 230 g/mol. The number of aromatic nitrogens is 2. The van der Waals surface area contributed by atoms with Crippen LogP contribution in [0.4, 0.5) is 0 Å². The molecule has 1 fully saturated rings. The SMILES string of the molecule is NCc1ccc2nc(C3CCNCC3)[nH]c2c1. The summed E-state index contributed by atoms with van der Waals surface area (Å²) in [5.41, 5.74) is 8.96. The maximum absolute atomic E-state index is 5.65. The number of nitrogens with one attached hydrogen (secondary N) is 2. The number of benzene rings is 1. The van der Waals surface area contributed by atoms with Crippen LogP contribution < -0.4 is 11.1 Å². The van der Waals surface area contributed by atoms with Crippen LogP contribution in [0.2, 0.25) is 0 Å². The Morgan fingerprint density at radius 2 is 2.12 bits per heavy atom. The number of nitrogens with two attached hydrogens (primary N) is 1. The van der Waals surface area contributed by atoms with E-state index in [0.717, 1.165) is 35.5 Å². The van der Waals surface area contributed by atoms with Gasteiger partial charge in [-0.05, 0) is 43.6 Å². The lowest BCUT2D eigenvalue weighted by atomic mass is 9.98. The number of hydrogen-bond donors (Lipinski definition) is 3. The van der Waals surface area contributed by atoms with Crippen LogP contribution in [0, 0.1) is 0 Å². The maximum atomic E-state index is 5.65. The van der Waals surface area contributed by atoms with Crippen molar-refractivity contribution in [2.45, 2.75) is 25.3 Å². The second-order valence-corrected chi connectivity index (χ2v) is 4.70. The molecule has 0 unspecified atom stereocenters. The van der Waals surface area contributed by atoms with Crippen LogP contribution in [0.1, 0.15) is 30.1 Å². The molecule has 1 aromatic heterocycles. The van der Waals surface area contributed by atoms with Gasteiger partial charge in [-0.25, -0.2) is 4.98 Å². The normalized spacial score (nSPS) is 17.7. The van der Waals surface area contributed by atoms with Gasteiger partial charge in [-0.3, -0.25) is 0 Å². The molecule has 0 atom stereocenters. The van der Waals surface area contributed by atoms with Gasteiger partial charge >= 0.3 is 0 Å². The standard InChI is InChI=1S/C13H18N4/c14-8-9-1-2-11-12(7-9)17-13(16-11)10-3-5-15-6-4-10/h1-2,7,10,15H,3-6,8,14H2,(H,16,17). The van der Waals surface area contributed by atoms with Gasteiger partial charge in [0.15, 0.2) is 0 Å². The summed E-state index contributed by atoms with van der Waals surface area (Å²) in [5, 5.41) is 3.38. The Hall–Kier alpha value is -1.39. The van der Waals surface area contributed by atoms with Gasteiger partial charge in [0.05, 0.1) is 11.0 Å². The third kappa shape index (κ3) is 2.06. The molecule has 3 rings (SSSR count). The summed E-state index contributed by atoms with van der Waals surface area (Å²) >= 11 is 0. The largest absolute Gasteiger partial charge is 0.342 e. The predicted molar refractivity (Wildman–Crippen MR) is 68.8 cm³/mol. The van der Waals surface area contributed by atoms with Crippen LogP contribution in [0.25, 0.3) is 11.0 Å². The van der Waals surface area contributed by atoms with E-state index >= 15 is 0 Å². The van der Waals surface area contributed by atoms with E-state index in [1.165, 1.54) is 12.8 Å². The molecule has 2 aromatic rings. The van der Waals surface area contributed by atoms with Crippen LogP contribution in [0.5, 0.6) is 0 Å². The van der Waals surface area contributed by atoms with E-state index in [0.29, 0.717) is 12.5 Å². The highest BCUT2D eigenvalue weighted by molar-refractivity contribution is 5.76. The van der Waals surface area contributed by atoms with Crippen LogP contribution in [-0.4, -0.2) is 23.1 Å². The second kappa shape index (κ2) is 4.47. The summed E-state index contributed by atoms with van der Waals surface area (Å²) in [7, 11) is 0. The Balaban J connectivity index is 1.95. The molecule has 0 saturated carbocycles. The Bertz CT molecular complexity index is 511. The van der Waals surface area contributed by atoms with Gasteiger partial charge in [-0.15, -0.1) is 0 Å². The molecule has 90 valence electrons. The molecule has 2 heterocycles. The van der Waals surface area contributed by atoms with Gasteiger partial charge in [0.1, 0.15) is 5.82 Å². The van der Waals surface area contributed by atoms with Crippen molar-refractivity contribution in [1.82, 2.24) is 15.3 Å². The minimum Gasteiger partial charge on any atom is -0.342 e. The molecule has 0 radical (unpaired) electrons. The predicted octanol–water partition coefficient (Wildman–Crippen LogP) is 1.49. The topological polar surface area (TPSA) is 66.7 Å². The summed E-state index contributed by atoms with van der Waals surface area (Å²) in [6.07, 6.45) is 2.34. The molecule has 1 aromatic carbocycles. The summed E-state index contributed by atoms with van der Waals surface area (Å²) in [5.74, 6) is 1.71. The van der Waals surface area contributed by atoms with E-state index < -0.39 is 0 Å². The number of H-pyrrole nitrogens is 1. The van der Waals surface area contributed by atoms with Crippen molar-refractivity contribution in [3.8, 4) is 0 Å². The molecule has 0 amide bonds. The van der Waals surface area contributed by atoms with Gasteiger partial charge < -0.3 is 16.0 Å². The molecule has 0 spiro atoms. The zero-order chi connectivity index (χ0) is 11.7. The van der Waals surface area contributed by atoms with Crippen molar-refractivity contribution in [2.75, 3.05) is 13.1 Å². The summed E-state index contributed by atoms with van der Waals surface area (Å²) in [4.78, 5) is 8.13. The highest BCUT2D eigenvalue weighted by Gasteiger charge is 2.18. The molecule has 4 N–H and O–H groups in total. The van der Waals surface area contributed by atoms with E-state index in [1.54, 1.807) is 0 Å². The molecule has 1 aliphatic heterocycles. The molecule has 1 aliphatic rings. The number of rotatable bonds is 2. The first-order valence-corrected chi connectivity index (χ1v) is 6.26. The summed E-state index contributed by atoms with van der Waals surface area (Å²) < 4.78 is 0. The Kier molecular flexibility index (Phi) is 2.82.